The van der Waals surface area contributed by atoms with Gasteiger partial charge in [0.25, 0.3) is 5.91 Å². The van der Waals surface area contributed by atoms with E-state index in [9.17, 15) is 9.59 Å². The molecule has 2 aromatic rings. The fourth-order valence-electron chi connectivity index (χ4n) is 3.66. The van der Waals surface area contributed by atoms with Crippen LogP contribution >= 0.6 is 0 Å². The maximum Gasteiger partial charge on any atom is 0.253 e. The number of carbonyl (C=O) groups is 2. The molecule has 1 saturated heterocycles. The highest BCUT2D eigenvalue weighted by atomic mass is 16.5. The second-order valence-corrected chi connectivity index (χ2v) is 7.73. The van der Waals surface area contributed by atoms with Gasteiger partial charge in [0.05, 0.1) is 18.8 Å². The van der Waals surface area contributed by atoms with Crippen molar-refractivity contribution in [2.75, 3.05) is 50.1 Å². The van der Waals surface area contributed by atoms with Crippen molar-refractivity contribution < 1.29 is 19.1 Å². The van der Waals surface area contributed by atoms with Crippen molar-refractivity contribution in [2.45, 2.75) is 32.6 Å². The minimum atomic E-state index is -0.200. The molecule has 0 bridgehead atoms. The Kier molecular flexibility index (Phi) is 9.37. The summed E-state index contributed by atoms with van der Waals surface area (Å²) in [6.45, 7) is 5.21. The summed E-state index contributed by atoms with van der Waals surface area (Å²) in [5.74, 6) is 0.498. The third kappa shape index (κ3) is 7.27. The molecule has 7 nitrogen and oxygen atoms in total. The molecule has 2 amide bonds. The second kappa shape index (κ2) is 12.7. The van der Waals surface area contributed by atoms with Crippen LogP contribution in [0.1, 0.15) is 43.0 Å². The lowest BCUT2D eigenvalue weighted by atomic mass is 10.1. The van der Waals surface area contributed by atoms with Crippen molar-refractivity contribution in [1.82, 2.24) is 4.90 Å². The maximum atomic E-state index is 12.8. The summed E-state index contributed by atoms with van der Waals surface area (Å²) < 4.78 is 11.0. The second-order valence-electron chi connectivity index (χ2n) is 7.73. The van der Waals surface area contributed by atoms with Crippen LogP contribution in [0, 0.1) is 0 Å². The van der Waals surface area contributed by atoms with Crippen LogP contribution in [0.2, 0.25) is 0 Å². The van der Waals surface area contributed by atoms with E-state index in [1.54, 1.807) is 24.3 Å². The van der Waals surface area contributed by atoms with Gasteiger partial charge in [0.1, 0.15) is 12.4 Å². The number of amides is 2. The van der Waals surface area contributed by atoms with Crippen LogP contribution in [-0.4, -0.2) is 56.2 Å². The Morgan fingerprint density at radius 1 is 0.969 bits per heavy atom. The van der Waals surface area contributed by atoms with E-state index in [1.807, 2.05) is 36.1 Å². The maximum absolute atomic E-state index is 12.8. The van der Waals surface area contributed by atoms with Crippen molar-refractivity contribution in [2.24, 2.45) is 0 Å². The van der Waals surface area contributed by atoms with Crippen molar-refractivity contribution >= 4 is 23.2 Å². The largest absolute Gasteiger partial charge is 0.489 e. The van der Waals surface area contributed by atoms with Crippen molar-refractivity contribution in [3.8, 4) is 5.75 Å². The minimum absolute atomic E-state index is 0.0271. The summed E-state index contributed by atoms with van der Waals surface area (Å²) in [6, 6.07) is 14.6. The molecule has 172 valence electrons. The topological polar surface area (TPSA) is 79.9 Å². The van der Waals surface area contributed by atoms with Crippen LogP contribution in [0.4, 0.5) is 11.4 Å². The molecule has 2 N–H and O–H groups in total. The Bertz CT molecular complexity index is 879. The Balaban J connectivity index is 1.53. The minimum Gasteiger partial charge on any atom is -0.489 e. The van der Waals surface area contributed by atoms with E-state index < -0.39 is 0 Å². The average Bonchev–Trinajstić information content (AvgIpc) is 3.10. The van der Waals surface area contributed by atoms with Gasteiger partial charge in [0.15, 0.2) is 0 Å². The SMILES string of the molecule is CCOCCOc1ccccc1NCC(=O)Nc1cccc(C(=O)N2CCCCCC2)c1. The van der Waals surface area contributed by atoms with Gasteiger partial charge >= 0.3 is 0 Å². The number of benzene rings is 2. The summed E-state index contributed by atoms with van der Waals surface area (Å²) in [5, 5.41) is 5.99. The van der Waals surface area contributed by atoms with Gasteiger partial charge in [-0.15, -0.1) is 0 Å². The number of hydrogen-bond acceptors (Lipinski definition) is 5. The van der Waals surface area contributed by atoms with Crippen molar-refractivity contribution in [3.63, 3.8) is 0 Å². The summed E-state index contributed by atoms with van der Waals surface area (Å²) in [5.41, 5.74) is 1.95. The van der Waals surface area contributed by atoms with Crippen molar-refractivity contribution in [3.05, 3.63) is 54.1 Å². The van der Waals surface area contributed by atoms with E-state index >= 15 is 0 Å². The highest BCUT2D eigenvalue weighted by Crippen LogP contribution is 2.23. The predicted molar refractivity (Wildman–Crippen MR) is 126 cm³/mol. The molecule has 0 saturated carbocycles. The first-order valence-corrected chi connectivity index (χ1v) is 11.4. The molecular formula is C25H33N3O4. The van der Waals surface area contributed by atoms with E-state index in [1.165, 1.54) is 12.8 Å². The van der Waals surface area contributed by atoms with E-state index in [0.29, 0.717) is 36.8 Å². The normalized spacial score (nSPS) is 13.8. The monoisotopic (exact) mass is 439 g/mol. The molecule has 0 unspecified atom stereocenters. The standard InChI is InChI=1S/C25H33N3O4/c1-2-31-16-17-32-23-13-6-5-12-22(23)26-19-24(29)27-21-11-9-10-20(18-21)25(30)28-14-7-3-4-8-15-28/h5-6,9-13,18,26H,2-4,7-8,14-17,19H2,1H3,(H,27,29). The van der Waals surface area contributed by atoms with Gasteiger partial charge in [-0.2, -0.15) is 0 Å². The van der Waals surface area contributed by atoms with E-state index in [4.69, 9.17) is 9.47 Å². The van der Waals surface area contributed by atoms with Crippen LogP contribution in [0.5, 0.6) is 5.75 Å². The van der Waals surface area contributed by atoms with Crippen LogP contribution in [0.25, 0.3) is 0 Å². The third-order valence-corrected chi connectivity index (χ3v) is 5.30. The fraction of sp³-hybridized carbons (Fsp3) is 0.440. The van der Waals surface area contributed by atoms with E-state index in [-0.39, 0.29) is 18.4 Å². The Hall–Kier alpha value is -3.06. The zero-order chi connectivity index (χ0) is 22.6. The molecule has 0 spiro atoms. The Morgan fingerprint density at radius 2 is 1.75 bits per heavy atom. The third-order valence-electron chi connectivity index (χ3n) is 5.30. The number of nitrogens with one attached hydrogen (secondary N) is 2. The van der Waals surface area contributed by atoms with Gasteiger partial charge in [-0.3, -0.25) is 9.59 Å². The summed E-state index contributed by atoms with van der Waals surface area (Å²) in [6.07, 6.45) is 4.44. The molecule has 0 radical (unpaired) electrons. The Labute approximate surface area is 190 Å². The van der Waals surface area contributed by atoms with Gasteiger partial charge in [-0.1, -0.05) is 31.0 Å². The zero-order valence-electron chi connectivity index (χ0n) is 18.8. The summed E-state index contributed by atoms with van der Waals surface area (Å²) >= 11 is 0. The first-order chi connectivity index (χ1) is 15.7. The number of ether oxygens (including phenoxy) is 2. The number of likely N-dealkylation sites (tertiary alicyclic amines) is 1. The molecule has 3 rings (SSSR count). The first kappa shape index (κ1) is 23.6. The number of anilines is 2. The van der Waals surface area contributed by atoms with Crippen LogP contribution in [0.3, 0.4) is 0 Å². The van der Waals surface area contributed by atoms with Gasteiger partial charge in [-0.05, 0) is 50.1 Å². The lowest BCUT2D eigenvalue weighted by Gasteiger charge is -2.20. The fourth-order valence-corrected chi connectivity index (χ4v) is 3.66. The van der Waals surface area contributed by atoms with Crippen LogP contribution in [-0.2, 0) is 9.53 Å². The molecule has 32 heavy (non-hydrogen) atoms. The van der Waals surface area contributed by atoms with E-state index in [2.05, 4.69) is 10.6 Å². The molecule has 7 heteroatoms. The number of nitrogens with zero attached hydrogens (tertiary/aromatic N) is 1. The van der Waals surface area contributed by atoms with E-state index in [0.717, 1.165) is 31.6 Å². The van der Waals surface area contributed by atoms with Gasteiger partial charge in [0.2, 0.25) is 5.91 Å². The Morgan fingerprint density at radius 3 is 2.53 bits per heavy atom. The molecule has 0 aromatic heterocycles. The molecule has 1 fully saturated rings. The van der Waals surface area contributed by atoms with Gasteiger partial charge in [-0.25, -0.2) is 0 Å². The zero-order valence-corrected chi connectivity index (χ0v) is 18.8. The molecule has 1 heterocycles. The van der Waals surface area contributed by atoms with Crippen LogP contribution < -0.4 is 15.4 Å². The summed E-state index contributed by atoms with van der Waals surface area (Å²) in [7, 11) is 0. The quantitative estimate of drug-likeness (QED) is 0.543. The van der Waals surface area contributed by atoms with Gasteiger partial charge in [0, 0.05) is 30.9 Å². The number of hydrogen-bond donors (Lipinski definition) is 2. The highest BCUT2D eigenvalue weighted by molar-refractivity contribution is 5.98. The summed E-state index contributed by atoms with van der Waals surface area (Å²) in [4.78, 5) is 27.3. The van der Waals surface area contributed by atoms with Crippen LogP contribution in [0.15, 0.2) is 48.5 Å². The molecule has 0 aliphatic carbocycles. The molecular weight excluding hydrogens is 406 g/mol. The average molecular weight is 440 g/mol. The molecule has 1 aliphatic heterocycles. The molecule has 0 atom stereocenters. The number of para-hydroxylation sites is 2. The lowest BCUT2D eigenvalue weighted by molar-refractivity contribution is -0.114. The van der Waals surface area contributed by atoms with Crippen molar-refractivity contribution in [1.29, 1.82) is 0 Å². The first-order valence-electron chi connectivity index (χ1n) is 11.4. The molecule has 1 aliphatic rings. The van der Waals surface area contributed by atoms with Gasteiger partial charge < -0.3 is 25.0 Å². The number of carbonyl (C=O) groups excluding carboxylic acids is 2. The lowest BCUT2D eigenvalue weighted by Crippen LogP contribution is -2.31. The number of rotatable bonds is 10. The smallest absolute Gasteiger partial charge is 0.253 e. The predicted octanol–water partition coefficient (Wildman–Crippen LogP) is 4.17. The molecule has 2 aromatic carbocycles. The highest BCUT2D eigenvalue weighted by Gasteiger charge is 2.17.